The van der Waals surface area contributed by atoms with Gasteiger partial charge in [-0.25, -0.2) is 0 Å². The molecule has 26 heavy (non-hydrogen) atoms. The van der Waals surface area contributed by atoms with Gasteiger partial charge in [-0.05, 0) is 66.0 Å². The summed E-state index contributed by atoms with van der Waals surface area (Å²) in [7, 11) is 0. The topological polar surface area (TPSA) is 9.23 Å². The molecule has 0 bridgehead atoms. The fourth-order valence-electron chi connectivity index (χ4n) is 4.57. The molecule has 0 N–H and O–H groups in total. The second kappa shape index (κ2) is 9.62. The van der Waals surface area contributed by atoms with E-state index in [2.05, 4.69) is 78.0 Å². The Kier molecular flexibility index (Phi) is 7.80. The molecule has 1 heteroatoms. The number of unbranched alkanes of at least 4 members (excludes halogenated alkanes) is 2. The van der Waals surface area contributed by atoms with Gasteiger partial charge in [-0.1, -0.05) is 78.7 Å². The number of rotatable bonds is 8. The zero-order chi connectivity index (χ0) is 19.2. The number of benzene rings is 1. The van der Waals surface area contributed by atoms with Gasteiger partial charge in [-0.3, -0.25) is 0 Å². The minimum Gasteiger partial charge on any atom is -0.494 e. The molecule has 0 fully saturated rings. The molecule has 0 heterocycles. The van der Waals surface area contributed by atoms with Crippen LogP contribution in [0.25, 0.3) is 0 Å². The third-order valence-corrected chi connectivity index (χ3v) is 6.03. The summed E-state index contributed by atoms with van der Waals surface area (Å²) in [5.41, 5.74) is 1.71. The van der Waals surface area contributed by atoms with Crippen LogP contribution in [0.3, 0.4) is 0 Å². The van der Waals surface area contributed by atoms with Gasteiger partial charge in [0, 0.05) is 0 Å². The molecule has 4 atom stereocenters. The molecule has 1 aliphatic rings. The van der Waals surface area contributed by atoms with E-state index in [0.29, 0.717) is 17.8 Å². The van der Waals surface area contributed by atoms with Crippen molar-refractivity contribution in [2.45, 2.75) is 79.6 Å². The van der Waals surface area contributed by atoms with E-state index in [4.69, 9.17) is 4.74 Å². The lowest BCUT2D eigenvalue weighted by molar-refractivity contribution is 0.197. The molecule has 1 aromatic rings. The molecule has 0 aromatic heterocycles. The molecule has 1 nitrogen and oxygen atoms in total. The van der Waals surface area contributed by atoms with E-state index >= 15 is 0 Å². The molecule has 146 valence electrons. The van der Waals surface area contributed by atoms with E-state index in [1.54, 1.807) is 0 Å². The van der Waals surface area contributed by atoms with Crippen LogP contribution in [0, 0.1) is 23.2 Å². The summed E-state index contributed by atoms with van der Waals surface area (Å²) < 4.78 is 5.91. The second-order valence-electron chi connectivity index (χ2n) is 9.43. The van der Waals surface area contributed by atoms with E-state index < -0.39 is 0 Å². The average molecular weight is 357 g/mol. The van der Waals surface area contributed by atoms with Gasteiger partial charge in [0.05, 0.1) is 6.61 Å². The average Bonchev–Trinajstić information content (AvgIpc) is 2.59. The Morgan fingerprint density at radius 1 is 1.04 bits per heavy atom. The molecule has 0 saturated carbocycles. The van der Waals surface area contributed by atoms with Crippen LogP contribution in [0.1, 0.15) is 85.1 Å². The maximum Gasteiger partial charge on any atom is 0.119 e. The van der Waals surface area contributed by atoms with Gasteiger partial charge in [0.25, 0.3) is 0 Å². The van der Waals surface area contributed by atoms with Gasteiger partial charge in [0.1, 0.15) is 5.75 Å². The quantitative estimate of drug-likeness (QED) is 0.344. The van der Waals surface area contributed by atoms with E-state index in [1.165, 1.54) is 31.2 Å². The minimum absolute atomic E-state index is 0.250. The highest BCUT2D eigenvalue weighted by molar-refractivity contribution is 5.31. The molecule has 0 aliphatic heterocycles. The van der Waals surface area contributed by atoms with Crippen molar-refractivity contribution in [1.82, 2.24) is 0 Å². The summed E-state index contributed by atoms with van der Waals surface area (Å²) >= 11 is 0. The van der Waals surface area contributed by atoms with Gasteiger partial charge in [0.2, 0.25) is 0 Å². The van der Waals surface area contributed by atoms with Crippen LogP contribution in [0.4, 0.5) is 0 Å². The Labute approximate surface area is 162 Å². The van der Waals surface area contributed by atoms with E-state index in [0.717, 1.165) is 24.7 Å². The van der Waals surface area contributed by atoms with Crippen molar-refractivity contribution in [1.29, 1.82) is 0 Å². The van der Waals surface area contributed by atoms with Gasteiger partial charge >= 0.3 is 0 Å². The SMILES string of the molecule is CCCCCOc1ccc(C(C(C)C2C=CC(C)CC2)C(C)(C)C)cc1. The first-order valence-corrected chi connectivity index (χ1v) is 10.7. The summed E-state index contributed by atoms with van der Waals surface area (Å²) in [6, 6.07) is 8.95. The summed E-state index contributed by atoms with van der Waals surface area (Å²) in [4.78, 5) is 0. The first-order chi connectivity index (χ1) is 12.3. The third-order valence-electron chi connectivity index (χ3n) is 6.03. The Morgan fingerprint density at radius 2 is 1.73 bits per heavy atom. The highest BCUT2D eigenvalue weighted by atomic mass is 16.5. The maximum absolute atomic E-state index is 5.91. The summed E-state index contributed by atoms with van der Waals surface area (Å²) in [5, 5.41) is 0. The van der Waals surface area contributed by atoms with Crippen molar-refractivity contribution < 1.29 is 4.74 Å². The summed E-state index contributed by atoms with van der Waals surface area (Å²) in [5.74, 6) is 3.65. The normalized spacial score (nSPS) is 22.8. The van der Waals surface area contributed by atoms with Crippen LogP contribution in [-0.2, 0) is 0 Å². The maximum atomic E-state index is 5.91. The molecule has 2 rings (SSSR count). The number of ether oxygens (including phenoxy) is 1. The molecular weight excluding hydrogens is 316 g/mol. The van der Waals surface area contributed by atoms with Crippen LogP contribution < -0.4 is 4.74 Å². The third kappa shape index (κ3) is 5.89. The van der Waals surface area contributed by atoms with Crippen molar-refractivity contribution in [3.8, 4) is 5.75 Å². The predicted octanol–water partition coefficient (Wildman–Crippen LogP) is 7.62. The lowest BCUT2D eigenvalue weighted by Crippen LogP contribution is -2.30. The van der Waals surface area contributed by atoms with E-state index in [9.17, 15) is 0 Å². The fraction of sp³-hybridized carbons (Fsp3) is 0.680. The standard InChI is InChI=1S/C25H40O/c1-7-8-9-18-26-23-16-14-22(15-17-23)24(25(4,5)6)20(3)21-12-10-19(2)11-13-21/h10,12,14-17,19-21,24H,7-9,11,13,18H2,1-6H3. The predicted molar refractivity (Wildman–Crippen MR) is 114 cm³/mol. The monoisotopic (exact) mass is 356 g/mol. The van der Waals surface area contributed by atoms with Gasteiger partial charge in [0.15, 0.2) is 0 Å². The Balaban J connectivity index is 2.10. The van der Waals surface area contributed by atoms with Gasteiger partial charge in [-0.15, -0.1) is 0 Å². The van der Waals surface area contributed by atoms with Crippen molar-refractivity contribution in [3.63, 3.8) is 0 Å². The molecule has 0 radical (unpaired) electrons. The van der Waals surface area contributed by atoms with E-state index in [1.807, 2.05) is 0 Å². The molecule has 0 saturated heterocycles. The Bertz CT molecular complexity index is 549. The first kappa shape index (κ1) is 21.1. The molecule has 0 spiro atoms. The van der Waals surface area contributed by atoms with Crippen molar-refractivity contribution in [2.75, 3.05) is 6.61 Å². The minimum atomic E-state index is 0.250. The summed E-state index contributed by atoms with van der Waals surface area (Å²) in [6.07, 6.45) is 11.2. The smallest absolute Gasteiger partial charge is 0.119 e. The van der Waals surface area contributed by atoms with Gasteiger partial charge < -0.3 is 4.74 Å². The molecule has 4 unspecified atom stereocenters. The van der Waals surface area contributed by atoms with Crippen molar-refractivity contribution in [3.05, 3.63) is 42.0 Å². The largest absolute Gasteiger partial charge is 0.494 e. The van der Waals surface area contributed by atoms with Crippen LogP contribution in [-0.4, -0.2) is 6.61 Å². The second-order valence-corrected chi connectivity index (χ2v) is 9.43. The van der Waals surface area contributed by atoms with Crippen LogP contribution in [0.15, 0.2) is 36.4 Å². The number of allylic oxidation sites excluding steroid dienone is 2. The van der Waals surface area contributed by atoms with Crippen molar-refractivity contribution in [2.24, 2.45) is 23.2 Å². The molecule has 1 aliphatic carbocycles. The lowest BCUT2D eigenvalue weighted by atomic mass is 9.65. The van der Waals surface area contributed by atoms with E-state index in [-0.39, 0.29) is 5.41 Å². The zero-order valence-electron chi connectivity index (χ0n) is 17.9. The molecule has 1 aromatic carbocycles. The van der Waals surface area contributed by atoms with Crippen LogP contribution in [0.2, 0.25) is 0 Å². The van der Waals surface area contributed by atoms with Crippen molar-refractivity contribution >= 4 is 0 Å². The van der Waals surface area contributed by atoms with Crippen LogP contribution in [0.5, 0.6) is 5.75 Å². The Hall–Kier alpha value is -1.24. The summed E-state index contributed by atoms with van der Waals surface area (Å²) in [6.45, 7) is 15.0. The lowest BCUT2D eigenvalue weighted by Gasteiger charge is -2.40. The first-order valence-electron chi connectivity index (χ1n) is 10.7. The molecular formula is C25H40O. The highest BCUT2D eigenvalue weighted by Crippen LogP contribution is 2.46. The van der Waals surface area contributed by atoms with Crippen LogP contribution >= 0.6 is 0 Å². The molecule has 0 amide bonds. The Morgan fingerprint density at radius 3 is 2.27 bits per heavy atom. The zero-order valence-corrected chi connectivity index (χ0v) is 17.9. The number of hydrogen-bond acceptors (Lipinski definition) is 1. The number of hydrogen-bond donors (Lipinski definition) is 0. The highest BCUT2D eigenvalue weighted by Gasteiger charge is 2.35. The van der Waals surface area contributed by atoms with Gasteiger partial charge in [-0.2, -0.15) is 0 Å². The fourth-order valence-corrected chi connectivity index (χ4v) is 4.57.